The molecule has 1 aromatic carbocycles. The van der Waals surface area contributed by atoms with Crippen LogP contribution in [-0.2, 0) is 0 Å². The van der Waals surface area contributed by atoms with E-state index in [1.54, 1.807) is 24.3 Å². The molecule has 20 heavy (non-hydrogen) atoms. The molecule has 1 aliphatic rings. The van der Waals surface area contributed by atoms with Gasteiger partial charge >= 0.3 is 5.97 Å². The van der Waals surface area contributed by atoms with Gasteiger partial charge in [-0.25, -0.2) is 4.79 Å². The molecule has 0 amide bonds. The Balaban J connectivity index is 1.72. The molecule has 2 N–H and O–H groups in total. The number of hydrogen-bond acceptors (Lipinski definition) is 3. The second-order valence-corrected chi connectivity index (χ2v) is 5.53. The molecule has 0 aliphatic heterocycles. The van der Waals surface area contributed by atoms with E-state index in [4.69, 9.17) is 9.84 Å². The fourth-order valence-electron chi connectivity index (χ4n) is 2.69. The van der Waals surface area contributed by atoms with E-state index in [1.807, 2.05) is 0 Å². The zero-order valence-electron chi connectivity index (χ0n) is 12.0. The van der Waals surface area contributed by atoms with Crippen LogP contribution in [0.3, 0.4) is 0 Å². The van der Waals surface area contributed by atoms with Crippen LogP contribution < -0.4 is 10.1 Å². The quantitative estimate of drug-likeness (QED) is 0.717. The molecule has 0 bridgehead atoms. The highest BCUT2D eigenvalue weighted by Crippen LogP contribution is 2.42. The topological polar surface area (TPSA) is 58.6 Å². The van der Waals surface area contributed by atoms with E-state index < -0.39 is 5.97 Å². The lowest BCUT2D eigenvalue weighted by molar-refractivity contribution is 0.0692. The summed E-state index contributed by atoms with van der Waals surface area (Å²) in [6, 6.07) is 6.75. The van der Waals surface area contributed by atoms with Gasteiger partial charge in [0.1, 0.15) is 17.9 Å². The highest BCUT2D eigenvalue weighted by atomic mass is 16.5. The average molecular weight is 277 g/mol. The van der Waals surface area contributed by atoms with Crippen LogP contribution in [0.2, 0.25) is 0 Å². The Labute approximate surface area is 120 Å². The summed E-state index contributed by atoms with van der Waals surface area (Å²) in [6.07, 6.45) is 5.21. The maximum absolute atomic E-state index is 11.0. The van der Waals surface area contributed by atoms with Crippen LogP contribution >= 0.6 is 0 Å². The second-order valence-electron chi connectivity index (χ2n) is 5.53. The lowest BCUT2D eigenvalue weighted by Gasteiger charge is -2.41. The minimum absolute atomic E-state index is 0.219. The van der Waals surface area contributed by atoms with E-state index in [0.717, 1.165) is 13.1 Å². The number of ether oxygens (including phenoxy) is 1. The van der Waals surface area contributed by atoms with E-state index in [9.17, 15) is 4.79 Å². The summed E-state index contributed by atoms with van der Waals surface area (Å²) in [4.78, 5) is 11.0. The predicted molar refractivity (Wildman–Crippen MR) is 78.3 cm³/mol. The van der Waals surface area contributed by atoms with Crippen LogP contribution in [0.1, 0.15) is 43.0 Å². The average Bonchev–Trinajstić information content (AvgIpc) is 2.41. The van der Waals surface area contributed by atoms with Crippen LogP contribution in [0.4, 0.5) is 0 Å². The molecule has 110 valence electrons. The molecule has 0 heterocycles. The lowest BCUT2D eigenvalue weighted by Crippen LogP contribution is -2.40. The monoisotopic (exact) mass is 277 g/mol. The number of hydrogen-bond donors (Lipinski definition) is 2. The maximum atomic E-state index is 11.0. The number of carbonyl (C=O) groups is 1. The molecular weight excluding hydrogens is 254 g/mol. The highest BCUT2D eigenvalue weighted by Gasteiger charge is 2.34. The normalized spacial score (nSPS) is 16.4. The third-order valence-corrected chi connectivity index (χ3v) is 4.32. The Hall–Kier alpha value is -1.55. The van der Waals surface area contributed by atoms with Crippen LogP contribution in [0.5, 0.6) is 5.75 Å². The highest BCUT2D eigenvalue weighted by molar-refractivity contribution is 5.90. The first-order chi connectivity index (χ1) is 9.67. The fraction of sp³-hybridized carbons (Fsp3) is 0.562. The SMILES string of the molecule is CCC1(CNCCOc2ccccc2C(=O)O)CCC1. The molecule has 1 aliphatic carbocycles. The number of benzene rings is 1. The largest absolute Gasteiger partial charge is 0.491 e. The van der Waals surface area contributed by atoms with Gasteiger partial charge in [-0.3, -0.25) is 0 Å². The van der Waals surface area contributed by atoms with Gasteiger partial charge in [0.05, 0.1) is 0 Å². The number of nitrogens with one attached hydrogen (secondary N) is 1. The smallest absolute Gasteiger partial charge is 0.339 e. The molecule has 1 aromatic rings. The van der Waals surface area contributed by atoms with Gasteiger partial charge in [-0.05, 0) is 36.8 Å². The van der Waals surface area contributed by atoms with E-state index >= 15 is 0 Å². The van der Waals surface area contributed by atoms with Gasteiger partial charge in [0.2, 0.25) is 0 Å². The molecule has 0 unspecified atom stereocenters. The van der Waals surface area contributed by atoms with Gasteiger partial charge in [-0.2, -0.15) is 0 Å². The molecule has 4 heteroatoms. The summed E-state index contributed by atoms with van der Waals surface area (Å²) in [5.74, 6) is -0.511. The Morgan fingerprint density at radius 3 is 2.75 bits per heavy atom. The number of rotatable bonds is 8. The standard InChI is InChI=1S/C16H23NO3/c1-2-16(8-5-9-16)12-17-10-11-20-14-7-4-3-6-13(14)15(18)19/h3-4,6-7,17H,2,5,8-12H2,1H3,(H,18,19). The Morgan fingerprint density at radius 2 is 2.15 bits per heavy atom. The second kappa shape index (κ2) is 6.75. The van der Waals surface area contributed by atoms with Gasteiger partial charge in [0.15, 0.2) is 0 Å². The fourth-order valence-corrected chi connectivity index (χ4v) is 2.69. The Bertz CT molecular complexity index is 449. The van der Waals surface area contributed by atoms with Crippen molar-refractivity contribution in [3.63, 3.8) is 0 Å². The van der Waals surface area contributed by atoms with Gasteiger partial charge in [0.25, 0.3) is 0 Å². The van der Waals surface area contributed by atoms with Gasteiger partial charge < -0.3 is 15.2 Å². The summed E-state index contributed by atoms with van der Waals surface area (Å²) in [6.45, 7) is 4.52. The first kappa shape index (κ1) is 14.9. The van der Waals surface area contributed by atoms with Crippen molar-refractivity contribution < 1.29 is 14.6 Å². The molecule has 0 aromatic heterocycles. The first-order valence-electron chi connectivity index (χ1n) is 7.33. The van der Waals surface area contributed by atoms with Crippen LogP contribution in [0.25, 0.3) is 0 Å². The molecule has 1 saturated carbocycles. The van der Waals surface area contributed by atoms with Crippen molar-refractivity contribution in [2.24, 2.45) is 5.41 Å². The zero-order chi connectivity index (χ0) is 14.4. The summed E-state index contributed by atoms with van der Waals surface area (Å²) >= 11 is 0. The number of aromatic carboxylic acids is 1. The number of para-hydroxylation sites is 1. The predicted octanol–water partition coefficient (Wildman–Crippen LogP) is 2.93. The van der Waals surface area contributed by atoms with Crippen LogP contribution in [-0.4, -0.2) is 30.8 Å². The van der Waals surface area contributed by atoms with Crippen LogP contribution in [0, 0.1) is 5.41 Å². The van der Waals surface area contributed by atoms with Crippen molar-refractivity contribution in [1.29, 1.82) is 0 Å². The lowest BCUT2D eigenvalue weighted by atomic mass is 9.67. The van der Waals surface area contributed by atoms with Crippen molar-refractivity contribution in [2.75, 3.05) is 19.7 Å². The summed E-state index contributed by atoms with van der Waals surface area (Å²) < 4.78 is 5.56. The maximum Gasteiger partial charge on any atom is 0.339 e. The van der Waals surface area contributed by atoms with Crippen molar-refractivity contribution in [3.05, 3.63) is 29.8 Å². The molecule has 0 atom stereocenters. The molecule has 4 nitrogen and oxygen atoms in total. The third kappa shape index (κ3) is 3.51. The molecule has 0 radical (unpaired) electrons. The summed E-state index contributed by atoms with van der Waals surface area (Å²) in [5.41, 5.74) is 0.718. The van der Waals surface area contributed by atoms with Gasteiger partial charge in [-0.1, -0.05) is 25.5 Å². The minimum atomic E-state index is -0.951. The van der Waals surface area contributed by atoms with E-state index in [1.165, 1.54) is 25.7 Å². The molecule has 0 spiro atoms. The van der Waals surface area contributed by atoms with Crippen molar-refractivity contribution in [1.82, 2.24) is 5.32 Å². The summed E-state index contributed by atoms with van der Waals surface area (Å²) in [7, 11) is 0. The van der Waals surface area contributed by atoms with Gasteiger partial charge in [0, 0.05) is 13.1 Å². The number of carboxylic acids is 1. The van der Waals surface area contributed by atoms with Crippen molar-refractivity contribution >= 4 is 5.97 Å². The first-order valence-corrected chi connectivity index (χ1v) is 7.33. The van der Waals surface area contributed by atoms with E-state index in [-0.39, 0.29) is 5.56 Å². The zero-order valence-corrected chi connectivity index (χ0v) is 12.0. The Kier molecular flexibility index (Phi) is 5.01. The minimum Gasteiger partial charge on any atom is -0.491 e. The third-order valence-electron chi connectivity index (χ3n) is 4.32. The van der Waals surface area contributed by atoms with Crippen molar-refractivity contribution in [2.45, 2.75) is 32.6 Å². The molecule has 2 rings (SSSR count). The van der Waals surface area contributed by atoms with E-state index in [2.05, 4.69) is 12.2 Å². The van der Waals surface area contributed by atoms with Gasteiger partial charge in [-0.15, -0.1) is 0 Å². The number of carboxylic acid groups (broad SMARTS) is 1. The molecule has 0 saturated heterocycles. The Morgan fingerprint density at radius 1 is 1.40 bits per heavy atom. The van der Waals surface area contributed by atoms with Crippen molar-refractivity contribution in [3.8, 4) is 5.75 Å². The molecule has 1 fully saturated rings. The van der Waals surface area contributed by atoms with E-state index in [0.29, 0.717) is 17.8 Å². The van der Waals surface area contributed by atoms with Crippen LogP contribution in [0.15, 0.2) is 24.3 Å². The molecular formula is C16H23NO3. The summed E-state index contributed by atoms with van der Waals surface area (Å²) in [5, 5.41) is 12.5.